The van der Waals surface area contributed by atoms with E-state index in [2.05, 4.69) is 44.2 Å². The molecule has 0 amide bonds. The Morgan fingerprint density at radius 1 is 0.477 bits per heavy atom. The molecule has 3 heteroatoms. The molecule has 0 radical (unpaired) electrons. The number of unbranched alkanes of at least 4 members (excludes halogenated alkanes) is 2. The Kier molecular flexibility index (Phi) is 7.60. The highest BCUT2D eigenvalue weighted by atomic mass is 14.9. The van der Waals surface area contributed by atoms with E-state index in [4.69, 9.17) is 15.0 Å². The zero-order chi connectivity index (χ0) is 29.6. The summed E-state index contributed by atoms with van der Waals surface area (Å²) in [6, 6.07) is 11.2. The lowest BCUT2D eigenvalue weighted by atomic mass is 9.76. The predicted molar refractivity (Wildman–Crippen MR) is 181 cm³/mol. The molecule has 0 unspecified atom stereocenters. The summed E-state index contributed by atoms with van der Waals surface area (Å²) in [4.78, 5) is 16.8. The fourth-order valence-corrected chi connectivity index (χ4v) is 8.97. The van der Waals surface area contributed by atoms with E-state index in [-0.39, 0.29) is 0 Å². The van der Waals surface area contributed by atoms with Crippen LogP contribution in [-0.2, 0) is 64.2 Å². The molecule has 0 saturated carbocycles. The molecule has 3 nitrogen and oxygen atoms in total. The minimum atomic E-state index is 1.05. The van der Waals surface area contributed by atoms with Crippen molar-refractivity contribution in [1.82, 2.24) is 15.0 Å². The van der Waals surface area contributed by atoms with Gasteiger partial charge in [-0.25, -0.2) is 4.98 Å². The number of hydrogen-bond acceptors (Lipinski definition) is 3. The Labute approximate surface area is 264 Å². The molecule has 8 rings (SSSR count). The van der Waals surface area contributed by atoms with Crippen LogP contribution in [0.1, 0.15) is 121 Å². The third-order valence-corrected chi connectivity index (χ3v) is 11.1. The van der Waals surface area contributed by atoms with Crippen molar-refractivity contribution in [1.29, 1.82) is 0 Å². The van der Waals surface area contributed by atoms with E-state index in [1.807, 2.05) is 0 Å². The number of aryl methyl sites for hydroxylation is 2. The van der Waals surface area contributed by atoms with Gasteiger partial charge in [0.25, 0.3) is 0 Å². The molecular weight excluding hydrogens is 534 g/mol. The van der Waals surface area contributed by atoms with Gasteiger partial charge in [-0.3, -0.25) is 9.97 Å². The summed E-state index contributed by atoms with van der Waals surface area (Å²) in [6.07, 6.45) is 21.4. The van der Waals surface area contributed by atoms with Gasteiger partial charge in [-0.1, -0.05) is 57.0 Å². The second kappa shape index (κ2) is 11.9. The molecule has 3 heterocycles. The van der Waals surface area contributed by atoms with Crippen LogP contribution in [0, 0.1) is 0 Å². The largest absolute Gasteiger partial charge is 0.251 e. The molecule has 0 aliphatic heterocycles. The topological polar surface area (TPSA) is 38.7 Å². The van der Waals surface area contributed by atoms with Crippen molar-refractivity contribution in [3.63, 3.8) is 0 Å². The molecule has 226 valence electrons. The van der Waals surface area contributed by atoms with Gasteiger partial charge in [0.15, 0.2) is 0 Å². The number of benzene rings is 1. The van der Waals surface area contributed by atoms with Crippen LogP contribution in [-0.4, -0.2) is 15.0 Å². The van der Waals surface area contributed by atoms with Gasteiger partial charge in [-0.05, 0) is 158 Å². The summed E-state index contributed by atoms with van der Waals surface area (Å²) < 4.78 is 0. The smallest absolute Gasteiger partial charge is 0.0935 e. The molecule has 3 aromatic heterocycles. The van der Waals surface area contributed by atoms with Crippen molar-refractivity contribution in [3.05, 3.63) is 86.2 Å². The summed E-state index contributed by atoms with van der Waals surface area (Å²) in [5.74, 6) is 0. The van der Waals surface area contributed by atoms with Crippen LogP contribution in [0.3, 0.4) is 0 Å². The highest BCUT2D eigenvalue weighted by Gasteiger charge is 2.34. The SMILES string of the molecule is CCCCc1c2c(nc3c1CCc1c-3nc3c(c1-c1ccccc1)CCc1c-3nc3c(c1CCCC)CCCC3)CCCC2. The van der Waals surface area contributed by atoms with E-state index in [0.29, 0.717) is 0 Å². The van der Waals surface area contributed by atoms with Gasteiger partial charge in [-0.2, -0.15) is 0 Å². The molecule has 4 aliphatic rings. The van der Waals surface area contributed by atoms with Crippen molar-refractivity contribution >= 4 is 0 Å². The van der Waals surface area contributed by atoms with E-state index in [0.717, 1.165) is 49.9 Å². The van der Waals surface area contributed by atoms with Gasteiger partial charge in [0.2, 0.25) is 0 Å². The van der Waals surface area contributed by atoms with Gasteiger partial charge >= 0.3 is 0 Å². The van der Waals surface area contributed by atoms with Gasteiger partial charge in [0.05, 0.1) is 22.8 Å². The van der Waals surface area contributed by atoms with Crippen LogP contribution in [0.2, 0.25) is 0 Å². The van der Waals surface area contributed by atoms with Gasteiger partial charge in [0.1, 0.15) is 0 Å². The maximum Gasteiger partial charge on any atom is 0.0935 e. The van der Waals surface area contributed by atoms with Crippen LogP contribution >= 0.6 is 0 Å². The predicted octanol–water partition coefficient (Wildman–Crippen LogP) is 9.51. The van der Waals surface area contributed by atoms with Crippen LogP contribution in [0.4, 0.5) is 0 Å². The molecule has 0 N–H and O–H groups in total. The minimum absolute atomic E-state index is 1.05. The fraction of sp³-hybridized carbons (Fsp3) is 0.488. The monoisotopic (exact) mass is 581 g/mol. The zero-order valence-electron chi connectivity index (χ0n) is 27.0. The van der Waals surface area contributed by atoms with E-state index in [1.165, 1.54) is 133 Å². The van der Waals surface area contributed by atoms with E-state index < -0.39 is 0 Å². The molecule has 1 aromatic carbocycles. The van der Waals surface area contributed by atoms with Crippen molar-refractivity contribution in [3.8, 4) is 33.9 Å². The molecule has 0 bridgehead atoms. The first-order valence-corrected chi connectivity index (χ1v) is 18.0. The quantitative estimate of drug-likeness (QED) is 0.218. The lowest BCUT2D eigenvalue weighted by Gasteiger charge is -2.32. The minimum Gasteiger partial charge on any atom is -0.251 e. The maximum absolute atomic E-state index is 5.74. The molecule has 4 aliphatic carbocycles. The van der Waals surface area contributed by atoms with E-state index >= 15 is 0 Å². The maximum atomic E-state index is 5.74. The van der Waals surface area contributed by atoms with E-state index in [1.54, 1.807) is 22.3 Å². The zero-order valence-corrected chi connectivity index (χ0v) is 27.0. The van der Waals surface area contributed by atoms with Gasteiger partial charge in [0, 0.05) is 11.4 Å². The highest BCUT2D eigenvalue weighted by Crippen LogP contribution is 2.47. The summed E-state index contributed by atoms with van der Waals surface area (Å²) in [6.45, 7) is 4.65. The Hall–Kier alpha value is -3.33. The first kappa shape index (κ1) is 28.2. The first-order chi connectivity index (χ1) is 21.8. The molecule has 4 aromatic rings. The summed E-state index contributed by atoms with van der Waals surface area (Å²) in [5, 5.41) is 0. The van der Waals surface area contributed by atoms with Crippen LogP contribution < -0.4 is 0 Å². The third-order valence-electron chi connectivity index (χ3n) is 11.1. The number of pyridine rings is 3. The summed E-state index contributed by atoms with van der Waals surface area (Å²) >= 11 is 0. The number of rotatable bonds is 7. The van der Waals surface area contributed by atoms with Gasteiger partial charge < -0.3 is 0 Å². The average Bonchev–Trinajstić information content (AvgIpc) is 3.07. The lowest BCUT2D eigenvalue weighted by Crippen LogP contribution is -2.22. The Morgan fingerprint density at radius 3 is 1.43 bits per heavy atom. The van der Waals surface area contributed by atoms with Crippen molar-refractivity contribution in [2.24, 2.45) is 0 Å². The summed E-state index contributed by atoms with van der Waals surface area (Å²) in [5.41, 5.74) is 22.6. The standard InChI is InChI=1S/C41H47N3/c1-3-5-16-27-29-18-10-12-20-35(29)42-38-31(27)22-24-33-37(26-14-8-7-9-15-26)34-25-23-32-28(17-6-4-2)30-19-11-13-21-36(30)43-39(32)41(34)44-40(33)38/h7-9,14-15H,3-6,10-13,16-25H2,1-2H3. The number of aromatic nitrogens is 3. The molecule has 0 fully saturated rings. The van der Waals surface area contributed by atoms with Crippen LogP contribution in [0.25, 0.3) is 33.9 Å². The second-order valence-electron chi connectivity index (χ2n) is 13.8. The molecule has 0 spiro atoms. The Bertz CT molecular complexity index is 1630. The van der Waals surface area contributed by atoms with Crippen molar-refractivity contribution in [2.75, 3.05) is 0 Å². The fourth-order valence-electron chi connectivity index (χ4n) is 8.97. The number of hydrogen-bond donors (Lipinski definition) is 0. The lowest BCUT2D eigenvalue weighted by molar-refractivity contribution is 0.648. The first-order valence-electron chi connectivity index (χ1n) is 18.0. The Morgan fingerprint density at radius 2 is 0.932 bits per heavy atom. The third kappa shape index (κ3) is 4.65. The number of nitrogens with zero attached hydrogens (tertiary/aromatic N) is 3. The van der Waals surface area contributed by atoms with Crippen LogP contribution in [0.15, 0.2) is 30.3 Å². The van der Waals surface area contributed by atoms with Gasteiger partial charge in [-0.15, -0.1) is 0 Å². The Balaban J connectivity index is 1.40. The summed E-state index contributed by atoms with van der Waals surface area (Å²) in [7, 11) is 0. The van der Waals surface area contributed by atoms with E-state index in [9.17, 15) is 0 Å². The molecule has 0 atom stereocenters. The highest BCUT2D eigenvalue weighted by molar-refractivity contribution is 5.87. The van der Waals surface area contributed by atoms with Crippen molar-refractivity contribution in [2.45, 2.75) is 129 Å². The molecule has 0 saturated heterocycles. The van der Waals surface area contributed by atoms with Crippen molar-refractivity contribution < 1.29 is 0 Å². The average molecular weight is 582 g/mol. The molecular formula is C41H47N3. The van der Waals surface area contributed by atoms with Crippen LogP contribution in [0.5, 0.6) is 0 Å². The number of fused-ring (bicyclic) bond motifs is 8. The second-order valence-corrected chi connectivity index (χ2v) is 13.8. The normalized spacial score (nSPS) is 16.3. The molecule has 44 heavy (non-hydrogen) atoms.